The summed E-state index contributed by atoms with van der Waals surface area (Å²) < 4.78 is 5.71. The molecule has 0 spiro atoms. The number of rotatable bonds is 3. The van der Waals surface area contributed by atoms with Gasteiger partial charge >= 0.3 is 0 Å². The molecule has 1 unspecified atom stereocenters. The minimum Gasteiger partial charge on any atom is -0.371 e. The molecule has 3 heterocycles. The number of nitrogens with one attached hydrogen (secondary N) is 1. The quantitative estimate of drug-likeness (QED) is 0.942. The summed E-state index contributed by atoms with van der Waals surface area (Å²) in [6.07, 6.45) is 4.37. The fourth-order valence-electron chi connectivity index (χ4n) is 2.21. The van der Waals surface area contributed by atoms with Crippen molar-refractivity contribution in [1.29, 1.82) is 0 Å². The first-order chi connectivity index (χ1) is 9.81. The lowest BCUT2D eigenvalue weighted by atomic mass is 10.1. The van der Waals surface area contributed by atoms with Crippen molar-refractivity contribution in [3.63, 3.8) is 0 Å². The average Bonchev–Trinajstić information content (AvgIpc) is 2.51. The Morgan fingerprint density at radius 1 is 1.15 bits per heavy atom. The Hall–Kier alpha value is -1.49. The highest BCUT2D eigenvalue weighted by Crippen LogP contribution is 2.18. The van der Waals surface area contributed by atoms with E-state index in [1.807, 2.05) is 24.4 Å². The van der Waals surface area contributed by atoms with Crippen LogP contribution in [0.2, 0.25) is 5.02 Å². The number of morpholine rings is 1. The summed E-state index contributed by atoms with van der Waals surface area (Å²) in [6, 6.07) is 7.88. The zero-order chi connectivity index (χ0) is 13.8. The summed E-state index contributed by atoms with van der Waals surface area (Å²) in [5.41, 5.74) is 3.07. The largest absolute Gasteiger partial charge is 0.371 e. The van der Waals surface area contributed by atoms with E-state index in [0.717, 1.165) is 36.6 Å². The standard InChI is InChI=1S/C15H16ClN3O/c16-12-2-4-14(19-9-12)7-13-3-1-11(8-18-13)15-10-17-5-6-20-15/h1-4,8-9,15,17H,5-7,10H2. The maximum Gasteiger partial charge on any atom is 0.0964 e. The van der Waals surface area contributed by atoms with E-state index in [4.69, 9.17) is 16.3 Å². The van der Waals surface area contributed by atoms with E-state index in [9.17, 15) is 0 Å². The van der Waals surface area contributed by atoms with Crippen molar-refractivity contribution in [3.8, 4) is 0 Å². The SMILES string of the molecule is Clc1ccc(Cc2ccc(C3CNCCO3)cn2)nc1. The third-order valence-corrected chi connectivity index (χ3v) is 3.52. The molecule has 0 saturated carbocycles. The molecule has 1 N–H and O–H groups in total. The van der Waals surface area contributed by atoms with Crippen LogP contribution in [0.5, 0.6) is 0 Å². The van der Waals surface area contributed by atoms with Gasteiger partial charge in [0.25, 0.3) is 0 Å². The van der Waals surface area contributed by atoms with Gasteiger partial charge in [0, 0.05) is 48.9 Å². The lowest BCUT2D eigenvalue weighted by Gasteiger charge is -2.23. The second-order valence-corrected chi connectivity index (χ2v) is 5.23. The van der Waals surface area contributed by atoms with Gasteiger partial charge < -0.3 is 10.1 Å². The summed E-state index contributed by atoms with van der Waals surface area (Å²) in [6.45, 7) is 2.52. The first-order valence-electron chi connectivity index (χ1n) is 6.69. The Kier molecular flexibility index (Phi) is 4.25. The monoisotopic (exact) mass is 289 g/mol. The van der Waals surface area contributed by atoms with Gasteiger partial charge in [0.15, 0.2) is 0 Å². The molecule has 0 radical (unpaired) electrons. The van der Waals surface area contributed by atoms with E-state index < -0.39 is 0 Å². The third kappa shape index (κ3) is 3.33. The fraction of sp³-hybridized carbons (Fsp3) is 0.333. The number of aromatic nitrogens is 2. The summed E-state index contributed by atoms with van der Waals surface area (Å²) >= 11 is 5.82. The van der Waals surface area contributed by atoms with Crippen LogP contribution in [0.25, 0.3) is 0 Å². The number of pyridine rings is 2. The van der Waals surface area contributed by atoms with Gasteiger partial charge in [-0.25, -0.2) is 0 Å². The second-order valence-electron chi connectivity index (χ2n) is 4.79. The lowest BCUT2D eigenvalue weighted by molar-refractivity contribution is 0.0275. The normalized spacial score (nSPS) is 18.9. The maximum atomic E-state index is 5.82. The molecule has 1 aliphatic rings. The number of halogens is 1. The van der Waals surface area contributed by atoms with Crippen LogP contribution in [0.4, 0.5) is 0 Å². The molecule has 1 atom stereocenters. The minimum absolute atomic E-state index is 0.110. The van der Waals surface area contributed by atoms with E-state index in [-0.39, 0.29) is 6.10 Å². The Bertz CT molecular complexity index is 550. The molecule has 1 fully saturated rings. The van der Waals surface area contributed by atoms with Gasteiger partial charge in [0.05, 0.1) is 17.7 Å². The van der Waals surface area contributed by atoms with E-state index in [1.54, 1.807) is 6.20 Å². The average molecular weight is 290 g/mol. The molecule has 1 saturated heterocycles. The molecule has 2 aromatic rings. The summed E-state index contributed by atoms with van der Waals surface area (Å²) in [4.78, 5) is 8.77. The zero-order valence-corrected chi connectivity index (χ0v) is 11.8. The van der Waals surface area contributed by atoms with Crippen molar-refractivity contribution < 1.29 is 4.74 Å². The highest BCUT2D eigenvalue weighted by Gasteiger charge is 2.15. The predicted octanol–water partition coefficient (Wildman–Crippen LogP) is 2.38. The van der Waals surface area contributed by atoms with Crippen molar-refractivity contribution in [3.05, 3.63) is 58.6 Å². The van der Waals surface area contributed by atoms with Crippen LogP contribution in [0.1, 0.15) is 23.1 Å². The van der Waals surface area contributed by atoms with E-state index in [1.165, 1.54) is 0 Å². The zero-order valence-electron chi connectivity index (χ0n) is 11.1. The van der Waals surface area contributed by atoms with E-state index >= 15 is 0 Å². The topological polar surface area (TPSA) is 47.0 Å². The predicted molar refractivity (Wildman–Crippen MR) is 77.9 cm³/mol. The molecule has 4 nitrogen and oxygen atoms in total. The Balaban J connectivity index is 1.67. The smallest absolute Gasteiger partial charge is 0.0964 e. The molecule has 20 heavy (non-hydrogen) atoms. The Morgan fingerprint density at radius 3 is 2.55 bits per heavy atom. The van der Waals surface area contributed by atoms with Crippen LogP contribution in [-0.2, 0) is 11.2 Å². The molecule has 1 aliphatic heterocycles. The maximum absolute atomic E-state index is 5.82. The third-order valence-electron chi connectivity index (χ3n) is 3.30. The van der Waals surface area contributed by atoms with Crippen LogP contribution >= 0.6 is 11.6 Å². The molecule has 3 rings (SSSR count). The molecular weight excluding hydrogens is 274 g/mol. The van der Waals surface area contributed by atoms with Gasteiger partial charge in [-0.3, -0.25) is 9.97 Å². The van der Waals surface area contributed by atoms with Crippen molar-refractivity contribution in [2.75, 3.05) is 19.7 Å². The van der Waals surface area contributed by atoms with Gasteiger partial charge in [0.2, 0.25) is 0 Å². The molecule has 2 aromatic heterocycles. The van der Waals surface area contributed by atoms with E-state index in [0.29, 0.717) is 11.4 Å². The van der Waals surface area contributed by atoms with E-state index in [2.05, 4.69) is 21.4 Å². The van der Waals surface area contributed by atoms with Crippen LogP contribution in [0.15, 0.2) is 36.7 Å². The molecule has 0 amide bonds. The van der Waals surface area contributed by atoms with Crippen molar-refractivity contribution in [2.24, 2.45) is 0 Å². The van der Waals surface area contributed by atoms with Crippen LogP contribution in [-0.4, -0.2) is 29.7 Å². The van der Waals surface area contributed by atoms with Gasteiger partial charge in [-0.05, 0) is 18.2 Å². The summed E-state index contributed by atoms with van der Waals surface area (Å²) in [5.74, 6) is 0. The molecular formula is C15H16ClN3O. The summed E-state index contributed by atoms with van der Waals surface area (Å²) in [5, 5.41) is 3.97. The molecule has 104 valence electrons. The van der Waals surface area contributed by atoms with Gasteiger partial charge in [-0.1, -0.05) is 17.7 Å². The van der Waals surface area contributed by atoms with Crippen LogP contribution < -0.4 is 5.32 Å². The van der Waals surface area contributed by atoms with Crippen LogP contribution in [0, 0.1) is 0 Å². The van der Waals surface area contributed by atoms with Crippen LogP contribution in [0.3, 0.4) is 0 Å². The molecule has 0 aromatic carbocycles. The Morgan fingerprint density at radius 2 is 1.95 bits per heavy atom. The molecule has 0 aliphatic carbocycles. The highest BCUT2D eigenvalue weighted by molar-refractivity contribution is 6.30. The number of nitrogens with zero attached hydrogens (tertiary/aromatic N) is 2. The first kappa shape index (κ1) is 13.5. The van der Waals surface area contributed by atoms with Gasteiger partial charge in [-0.2, -0.15) is 0 Å². The summed E-state index contributed by atoms with van der Waals surface area (Å²) in [7, 11) is 0. The van der Waals surface area contributed by atoms with Crippen molar-refractivity contribution in [2.45, 2.75) is 12.5 Å². The molecule has 0 bridgehead atoms. The second kappa shape index (κ2) is 6.31. The Labute approximate surface area is 123 Å². The fourth-order valence-corrected chi connectivity index (χ4v) is 2.32. The first-order valence-corrected chi connectivity index (χ1v) is 7.06. The number of hydrogen-bond acceptors (Lipinski definition) is 4. The van der Waals surface area contributed by atoms with Gasteiger partial charge in [0.1, 0.15) is 0 Å². The van der Waals surface area contributed by atoms with Crippen molar-refractivity contribution in [1.82, 2.24) is 15.3 Å². The number of ether oxygens (including phenoxy) is 1. The van der Waals surface area contributed by atoms with Gasteiger partial charge in [-0.15, -0.1) is 0 Å². The van der Waals surface area contributed by atoms with Crippen molar-refractivity contribution >= 4 is 11.6 Å². The highest BCUT2D eigenvalue weighted by atomic mass is 35.5. The minimum atomic E-state index is 0.110. The number of hydrogen-bond donors (Lipinski definition) is 1. The lowest BCUT2D eigenvalue weighted by Crippen LogP contribution is -2.33. The molecule has 5 heteroatoms.